The molecule has 0 unspecified atom stereocenters. The Balaban J connectivity index is 1.90. The fourth-order valence-electron chi connectivity index (χ4n) is 1.85. The van der Waals surface area contributed by atoms with Crippen LogP contribution in [-0.2, 0) is 6.42 Å². The van der Waals surface area contributed by atoms with Crippen molar-refractivity contribution >= 4 is 5.91 Å². The van der Waals surface area contributed by atoms with Crippen molar-refractivity contribution in [1.29, 1.82) is 0 Å². The predicted molar refractivity (Wildman–Crippen MR) is 77.8 cm³/mol. The van der Waals surface area contributed by atoms with Crippen molar-refractivity contribution in [2.24, 2.45) is 0 Å². The maximum absolute atomic E-state index is 11.9. The monoisotopic (exact) mass is 288 g/mol. The van der Waals surface area contributed by atoms with E-state index < -0.39 is 11.5 Å². The Morgan fingerprint density at radius 3 is 2.67 bits per heavy atom. The number of hydrogen-bond acceptors (Lipinski definition) is 4. The van der Waals surface area contributed by atoms with Gasteiger partial charge in [-0.25, -0.2) is 0 Å². The molecule has 0 atom stereocenters. The number of carbonyl (C=O) groups excluding carboxylic acids is 1. The SMILES string of the molecule is COc1ccc(CCNC(=O)c2c[nH]c(=O)cc2O)cc1. The summed E-state index contributed by atoms with van der Waals surface area (Å²) in [5.41, 5.74) is 0.647. The van der Waals surface area contributed by atoms with Gasteiger partial charge in [0, 0.05) is 18.8 Å². The Labute approximate surface area is 121 Å². The Hall–Kier alpha value is -2.76. The van der Waals surface area contributed by atoms with Crippen LogP contribution in [0.15, 0.2) is 41.3 Å². The Morgan fingerprint density at radius 1 is 1.33 bits per heavy atom. The van der Waals surface area contributed by atoms with Crippen molar-refractivity contribution in [2.45, 2.75) is 6.42 Å². The first-order valence-electron chi connectivity index (χ1n) is 6.43. The fourth-order valence-corrected chi connectivity index (χ4v) is 1.85. The summed E-state index contributed by atoms with van der Waals surface area (Å²) in [5.74, 6) is 0.0129. The van der Waals surface area contributed by atoms with E-state index in [9.17, 15) is 14.7 Å². The van der Waals surface area contributed by atoms with Crippen LogP contribution in [0.4, 0.5) is 0 Å². The van der Waals surface area contributed by atoms with Gasteiger partial charge >= 0.3 is 0 Å². The second-order valence-electron chi connectivity index (χ2n) is 4.45. The molecule has 0 aliphatic heterocycles. The Morgan fingerprint density at radius 2 is 2.05 bits per heavy atom. The van der Waals surface area contributed by atoms with Gasteiger partial charge in [0.1, 0.15) is 11.5 Å². The first-order valence-corrected chi connectivity index (χ1v) is 6.43. The van der Waals surface area contributed by atoms with Crippen LogP contribution >= 0.6 is 0 Å². The van der Waals surface area contributed by atoms with Crippen LogP contribution < -0.4 is 15.6 Å². The number of rotatable bonds is 5. The number of nitrogens with one attached hydrogen (secondary N) is 2. The summed E-state index contributed by atoms with van der Waals surface area (Å²) in [4.78, 5) is 25.2. The quantitative estimate of drug-likeness (QED) is 0.767. The summed E-state index contributed by atoms with van der Waals surface area (Å²) in [6.45, 7) is 0.420. The molecule has 3 N–H and O–H groups in total. The zero-order chi connectivity index (χ0) is 15.2. The molecular formula is C15H16N2O4. The summed E-state index contributed by atoms with van der Waals surface area (Å²) in [5, 5.41) is 12.2. The summed E-state index contributed by atoms with van der Waals surface area (Å²) in [6.07, 6.45) is 1.85. The molecule has 0 aliphatic carbocycles. The summed E-state index contributed by atoms with van der Waals surface area (Å²) in [7, 11) is 1.60. The molecule has 110 valence electrons. The minimum absolute atomic E-state index is 0.0457. The van der Waals surface area contributed by atoms with Gasteiger partial charge in [-0.1, -0.05) is 12.1 Å². The average molecular weight is 288 g/mol. The highest BCUT2D eigenvalue weighted by atomic mass is 16.5. The van der Waals surface area contributed by atoms with Crippen LogP contribution in [0.5, 0.6) is 11.5 Å². The molecule has 21 heavy (non-hydrogen) atoms. The van der Waals surface area contributed by atoms with Gasteiger partial charge in [-0.3, -0.25) is 9.59 Å². The van der Waals surface area contributed by atoms with Crippen LogP contribution in [-0.4, -0.2) is 29.7 Å². The molecule has 6 nitrogen and oxygen atoms in total. The topological polar surface area (TPSA) is 91.4 Å². The number of aromatic nitrogens is 1. The maximum atomic E-state index is 11.9. The zero-order valence-corrected chi connectivity index (χ0v) is 11.6. The second kappa shape index (κ2) is 6.60. The standard InChI is InChI=1S/C15H16N2O4/c1-21-11-4-2-10(3-5-11)6-7-16-15(20)12-9-17-14(19)8-13(12)18/h2-5,8-9H,6-7H2,1H3,(H,16,20)(H2,17,18,19). The molecule has 0 saturated carbocycles. The molecule has 2 aromatic rings. The van der Waals surface area contributed by atoms with Gasteiger partial charge in [-0.05, 0) is 24.1 Å². The number of H-pyrrole nitrogens is 1. The first-order chi connectivity index (χ1) is 10.1. The highest BCUT2D eigenvalue weighted by molar-refractivity contribution is 5.96. The molecule has 1 aromatic carbocycles. The molecule has 0 spiro atoms. The molecule has 0 fully saturated rings. The van der Waals surface area contributed by atoms with Gasteiger partial charge in [-0.15, -0.1) is 0 Å². The molecule has 1 aromatic heterocycles. The third kappa shape index (κ3) is 3.85. The van der Waals surface area contributed by atoms with E-state index in [1.165, 1.54) is 6.20 Å². The lowest BCUT2D eigenvalue weighted by atomic mass is 10.1. The van der Waals surface area contributed by atoms with Gasteiger partial charge in [0.15, 0.2) is 0 Å². The number of ether oxygens (including phenoxy) is 1. The molecule has 6 heteroatoms. The first kappa shape index (κ1) is 14.6. The summed E-state index contributed by atoms with van der Waals surface area (Å²) in [6, 6.07) is 8.51. The van der Waals surface area contributed by atoms with Crippen LogP contribution in [0.1, 0.15) is 15.9 Å². The van der Waals surface area contributed by atoms with E-state index in [4.69, 9.17) is 4.74 Å². The normalized spacial score (nSPS) is 10.1. The third-order valence-corrected chi connectivity index (χ3v) is 3.01. The second-order valence-corrected chi connectivity index (χ2v) is 4.45. The number of aromatic amines is 1. The van der Waals surface area contributed by atoms with E-state index in [2.05, 4.69) is 10.3 Å². The van der Waals surface area contributed by atoms with Crippen molar-refractivity contribution in [1.82, 2.24) is 10.3 Å². The molecule has 0 bridgehead atoms. The number of aromatic hydroxyl groups is 1. The number of amides is 1. The predicted octanol–water partition coefficient (Wildman–Crippen LogP) is 1.06. The Kier molecular flexibility index (Phi) is 4.61. The number of pyridine rings is 1. The largest absolute Gasteiger partial charge is 0.507 e. The van der Waals surface area contributed by atoms with Gasteiger partial charge in [0.25, 0.3) is 11.5 Å². The highest BCUT2D eigenvalue weighted by Gasteiger charge is 2.10. The fraction of sp³-hybridized carbons (Fsp3) is 0.200. The lowest BCUT2D eigenvalue weighted by Gasteiger charge is -2.07. The van der Waals surface area contributed by atoms with Crippen LogP contribution in [0.3, 0.4) is 0 Å². The molecule has 1 heterocycles. The van der Waals surface area contributed by atoms with Crippen LogP contribution in [0, 0.1) is 0 Å². The molecule has 2 rings (SSSR count). The van der Waals surface area contributed by atoms with Gasteiger partial charge in [0.2, 0.25) is 0 Å². The van der Waals surface area contributed by atoms with E-state index in [1.54, 1.807) is 7.11 Å². The minimum Gasteiger partial charge on any atom is -0.507 e. The van der Waals surface area contributed by atoms with Crippen molar-refractivity contribution in [3.8, 4) is 11.5 Å². The number of hydrogen-bond donors (Lipinski definition) is 3. The van der Waals surface area contributed by atoms with Gasteiger partial charge in [0.05, 0.1) is 12.7 Å². The van der Waals surface area contributed by atoms with Gasteiger partial charge in [-0.2, -0.15) is 0 Å². The lowest BCUT2D eigenvalue weighted by Crippen LogP contribution is -2.26. The number of carbonyl (C=O) groups is 1. The molecule has 0 saturated heterocycles. The minimum atomic E-state index is -0.456. The molecule has 0 aliphatic rings. The van der Waals surface area contributed by atoms with Crippen molar-refractivity contribution in [2.75, 3.05) is 13.7 Å². The van der Waals surface area contributed by atoms with E-state index in [1.807, 2.05) is 24.3 Å². The van der Waals surface area contributed by atoms with Crippen molar-refractivity contribution in [3.63, 3.8) is 0 Å². The molecule has 1 amide bonds. The van der Waals surface area contributed by atoms with E-state index in [-0.39, 0.29) is 11.3 Å². The smallest absolute Gasteiger partial charge is 0.256 e. The average Bonchev–Trinajstić information content (AvgIpc) is 2.47. The van der Waals surface area contributed by atoms with Crippen LogP contribution in [0.2, 0.25) is 0 Å². The van der Waals surface area contributed by atoms with Crippen LogP contribution in [0.25, 0.3) is 0 Å². The number of benzene rings is 1. The Bertz CT molecular complexity index is 677. The van der Waals surface area contributed by atoms with E-state index in [0.717, 1.165) is 17.4 Å². The van der Waals surface area contributed by atoms with Gasteiger partial charge < -0.3 is 20.1 Å². The summed E-state index contributed by atoms with van der Waals surface area (Å²) < 4.78 is 5.07. The van der Waals surface area contributed by atoms with E-state index in [0.29, 0.717) is 13.0 Å². The van der Waals surface area contributed by atoms with Crippen molar-refractivity contribution < 1.29 is 14.6 Å². The van der Waals surface area contributed by atoms with Crippen molar-refractivity contribution in [3.05, 3.63) is 58.0 Å². The maximum Gasteiger partial charge on any atom is 0.256 e. The molecular weight excluding hydrogens is 272 g/mol. The lowest BCUT2D eigenvalue weighted by molar-refractivity contribution is 0.0951. The number of methoxy groups -OCH3 is 1. The molecule has 0 radical (unpaired) electrons. The highest BCUT2D eigenvalue weighted by Crippen LogP contribution is 2.13. The third-order valence-electron chi connectivity index (χ3n) is 3.01. The summed E-state index contributed by atoms with van der Waals surface area (Å²) >= 11 is 0. The zero-order valence-electron chi connectivity index (χ0n) is 11.6. The van der Waals surface area contributed by atoms with E-state index >= 15 is 0 Å².